The number of aromatic nitrogens is 1. The first-order valence-electron chi connectivity index (χ1n) is 5.86. The molecule has 0 atom stereocenters. The van der Waals surface area contributed by atoms with Crippen molar-refractivity contribution >= 4 is 11.6 Å². The maximum atomic E-state index is 12.0. The third-order valence-electron chi connectivity index (χ3n) is 2.66. The van der Waals surface area contributed by atoms with Crippen molar-refractivity contribution in [2.24, 2.45) is 0 Å². The van der Waals surface area contributed by atoms with Gasteiger partial charge in [-0.1, -0.05) is 0 Å². The average molecular weight is 247 g/mol. The fourth-order valence-corrected chi connectivity index (χ4v) is 1.78. The molecule has 0 aliphatic heterocycles. The number of rotatable bonds is 4. The number of nitrogens with zero attached hydrogens (tertiary/aromatic N) is 1. The molecule has 2 heterocycles. The van der Waals surface area contributed by atoms with Crippen LogP contribution in [0.15, 0.2) is 35.1 Å². The maximum Gasteiger partial charge on any atom is 0.268 e. The molecular formula is C13H17N3O2. The van der Waals surface area contributed by atoms with Gasteiger partial charge in [0.15, 0.2) is 0 Å². The third kappa shape index (κ3) is 2.56. The Morgan fingerprint density at radius 3 is 2.94 bits per heavy atom. The van der Waals surface area contributed by atoms with E-state index >= 15 is 0 Å². The number of amides is 1. The van der Waals surface area contributed by atoms with E-state index in [-0.39, 0.29) is 11.9 Å². The van der Waals surface area contributed by atoms with Crippen LogP contribution in [0, 0.1) is 0 Å². The summed E-state index contributed by atoms with van der Waals surface area (Å²) in [4.78, 5) is 12.0. The number of hydrogen-bond donors (Lipinski definition) is 2. The maximum absolute atomic E-state index is 12.0. The largest absolute Gasteiger partial charge is 0.467 e. The average Bonchev–Trinajstić information content (AvgIpc) is 2.94. The van der Waals surface area contributed by atoms with Crippen LogP contribution in [0.3, 0.4) is 0 Å². The van der Waals surface area contributed by atoms with Gasteiger partial charge in [-0.3, -0.25) is 4.79 Å². The predicted molar refractivity (Wildman–Crippen MR) is 69.1 cm³/mol. The molecule has 0 radical (unpaired) electrons. The molecule has 0 unspecified atom stereocenters. The molecule has 0 spiro atoms. The number of carbonyl (C=O) groups excluding carboxylic acids is 1. The standard InChI is InChI=1S/C13H17N3O2/c1-9(2)16-8-10(14)6-12(16)13(17)15-7-11-4-3-5-18-11/h3-6,8-9H,7,14H2,1-2H3,(H,15,17). The summed E-state index contributed by atoms with van der Waals surface area (Å²) < 4.78 is 7.01. The Kier molecular flexibility index (Phi) is 3.41. The Morgan fingerprint density at radius 1 is 1.56 bits per heavy atom. The molecular weight excluding hydrogens is 230 g/mol. The topological polar surface area (TPSA) is 73.2 Å². The lowest BCUT2D eigenvalue weighted by Crippen LogP contribution is -2.25. The first kappa shape index (κ1) is 12.3. The summed E-state index contributed by atoms with van der Waals surface area (Å²) in [5.74, 6) is 0.566. The normalized spacial score (nSPS) is 10.8. The van der Waals surface area contributed by atoms with Gasteiger partial charge in [0, 0.05) is 12.2 Å². The Morgan fingerprint density at radius 2 is 2.33 bits per heavy atom. The monoisotopic (exact) mass is 247 g/mol. The summed E-state index contributed by atoms with van der Waals surface area (Å²) in [5, 5.41) is 2.80. The van der Waals surface area contributed by atoms with E-state index < -0.39 is 0 Å². The van der Waals surface area contributed by atoms with Crippen LogP contribution in [0.4, 0.5) is 5.69 Å². The zero-order valence-corrected chi connectivity index (χ0v) is 10.5. The van der Waals surface area contributed by atoms with E-state index in [0.29, 0.717) is 17.9 Å². The molecule has 0 saturated heterocycles. The first-order chi connectivity index (χ1) is 8.58. The molecule has 5 nitrogen and oxygen atoms in total. The van der Waals surface area contributed by atoms with E-state index in [4.69, 9.17) is 10.2 Å². The lowest BCUT2D eigenvalue weighted by atomic mass is 10.3. The molecule has 0 bridgehead atoms. The van der Waals surface area contributed by atoms with Crippen LogP contribution in [-0.4, -0.2) is 10.5 Å². The lowest BCUT2D eigenvalue weighted by molar-refractivity contribution is 0.0937. The number of nitrogens with two attached hydrogens (primary N) is 1. The molecule has 18 heavy (non-hydrogen) atoms. The van der Waals surface area contributed by atoms with Gasteiger partial charge in [0.2, 0.25) is 0 Å². The highest BCUT2D eigenvalue weighted by atomic mass is 16.3. The van der Waals surface area contributed by atoms with E-state index in [9.17, 15) is 4.79 Å². The number of nitrogens with one attached hydrogen (secondary N) is 1. The molecule has 0 aliphatic carbocycles. The smallest absolute Gasteiger partial charge is 0.268 e. The van der Waals surface area contributed by atoms with Gasteiger partial charge >= 0.3 is 0 Å². The molecule has 2 aromatic rings. The van der Waals surface area contributed by atoms with Gasteiger partial charge in [0.05, 0.1) is 18.5 Å². The Hall–Kier alpha value is -2.17. The highest BCUT2D eigenvalue weighted by molar-refractivity contribution is 5.93. The van der Waals surface area contributed by atoms with Crippen LogP contribution in [-0.2, 0) is 6.54 Å². The van der Waals surface area contributed by atoms with Gasteiger partial charge in [0.1, 0.15) is 11.5 Å². The van der Waals surface area contributed by atoms with Crippen LogP contribution >= 0.6 is 0 Å². The second-order valence-electron chi connectivity index (χ2n) is 4.42. The molecule has 2 aromatic heterocycles. The van der Waals surface area contributed by atoms with Crippen molar-refractivity contribution in [2.45, 2.75) is 26.4 Å². The molecule has 0 saturated carbocycles. The van der Waals surface area contributed by atoms with Gasteiger partial charge in [-0.15, -0.1) is 0 Å². The highest BCUT2D eigenvalue weighted by Gasteiger charge is 2.14. The predicted octanol–water partition coefficient (Wildman–Crippen LogP) is 2.17. The fourth-order valence-electron chi connectivity index (χ4n) is 1.78. The Balaban J connectivity index is 2.09. The van der Waals surface area contributed by atoms with Crippen LogP contribution in [0.5, 0.6) is 0 Å². The Bertz CT molecular complexity index is 526. The number of nitrogen functional groups attached to an aromatic ring is 1. The minimum Gasteiger partial charge on any atom is -0.467 e. The highest BCUT2D eigenvalue weighted by Crippen LogP contribution is 2.16. The van der Waals surface area contributed by atoms with E-state index in [1.807, 2.05) is 24.5 Å². The molecule has 5 heteroatoms. The second-order valence-corrected chi connectivity index (χ2v) is 4.42. The van der Waals surface area contributed by atoms with Gasteiger partial charge < -0.3 is 20.0 Å². The van der Waals surface area contributed by atoms with Crippen molar-refractivity contribution in [2.75, 3.05) is 5.73 Å². The number of furan rings is 1. The summed E-state index contributed by atoms with van der Waals surface area (Å²) in [6.45, 7) is 4.38. The minimum atomic E-state index is -0.156. The molecule has 0 aliphatic rings. The zero-order valence-electron chi connectivity index (χ0n) is 10.5. The second kappa shape index (κ2) is 5.00. The molecule has 1 amide bonds. The summed E-state index contributed by atoms with van der Waals surface area (Å²) in [6, 6.07) is 5.47. The third-order valence-corrected chi connectivity index (χ3v) is 2.66. The van der Waals surface area contributed by atoms with Crippen molar-refractivity contribution in [3.05, 3.63) is 42.1 Å². The molecule has 2 rings (SSSR count). The quantitative estimate of drug-likeness (QED) is 0.869. The van der Waals surface area contributed by atoms with Gasteiger partial charge in [-0.2, -0.15) is 0 Å². The molecule has 0 fully saturated rings. The van der Waals surface area contributed by atoms with Crippen molar-refractivity contribution in [1.82, 2.24) is 9.88 Å². The van der Waals surface area contributed by atoms with E-state index in [1.165, 1.54) is 0 Å². The van der Waals surface area contributed by atoms with Gasteiger partial charge in [-0.05, 0) is 32.0 Å². The van der Waals surface area contributed by atoms with Crippen molar-refractivity contribution in [3.63, 3.8) is 0 Å². The number of anilines is 1. The summed E-state index contributed by atoms with van der Waals surface area (Å²) in [6.07, 6.45) is 3.35. The van der Waals surface area contributed by atoms with Crippen LogP contribution in [0.2, 0.25) is 0 Å². The molecule has 0 aromatic carbocycles. The number of carbonyl (C=O) groups is 1. The molecule has 96 valence electrons. The number of hydrogen-bond acceptors (Lipinski definition) is 3. The lowest BCUT2D eigenvalue weighted by Gasteiger charge is -2.12. The van der Waals surface area contributed by atoms with Crippen molar-refractivity contribution < 1.29 is 9.21 Å². The van der Waals surface area contributed by atoms with Gasteiger partial charge in [-0.25, -0.2) is 0 Å². The fraction of sp³-hybridized carbons (Fsp3) is 0.308. The van der Waals surface area contributed by atoms with Crippen LogP contribution in [0.1, 0.15) is 36.1 Å². The SMILES string of the molecule is CC(C)n1cc(N)cc1C(=O)NCc1ccco1. The summed E-state index contributed by atoms with van der Waals surface area (Å²) in [5.41, 5.74) is 6.88. The van der Waals surface area contributed by atoms with E-state index in [1.54, 1.807) is 24.6 Å². The van der Waals surface area contributed by atoms with Gasteiger partial charge in [0.25, 0.3) is 5.91 Å². The van der Waals surface area contributed by atoms with Crippen molar-refractivity contribution in [1.29, 1.82) is 0 Å². The van der Waals surface area contributed by atoms with E-state index in [0.717, 1.165) is 5.76 Å². The Labute approximate surface area is 106 Å². The minimum absolute atomic E-state index is 0.156. The first-order valence-corrected chi connectivity index (χ1v) is 5.86. The summed E-state index contributed by atoms with van der Waals surface area (Å²) in [7, 11) is 0. The zero-order chi connectivity index (χ0) is 13.1. The van der Waals surface area contributed by atoms with Crippen LogP contribution < -0.4 is 11.1 Å². The van der Waals surface area contributed by atoms with E-state index in [2.05, 4.69) is 5.32 Å². The van der Waals surface area contributed by atoms with Crippen molar-refractivity contribution in [3.8, 4) is 0 Å². The molecule has 3 N–H and O–H groups in total. The summed E-state index contributed by atoms with van der Waals surface area (Å²) >= 11 is 0. The van der Waals surface area contributed by atoms with Crippen LogP contribution in [0.25, 0.3) is 0 Å².